The molecule has 0 saturated heterocycles. The molecule has 0 aromatic carbocycles. The van der Waals surface area contributed by atoms with Gasteiger partial charge in [-0.05, 0) is 31.9 Å². The normalized spacial score (nSPS) is 14.0. The van der Waals surface area contributed by atoms with E-state index in [1.807, 2.05) is 6.07 Å². The van der Waals surface area contributed by atoms with E-state index in [4.69, 9.17) is 4.74 Å². The van der Waals surface area contributed by atoms with E-state index >= 15 is 0 Å². The highest BCUT2D eigenvalue weighted by Crippen LogP contribution is 2.17. The summed E-state index contributed by atoms with van der Waals surface area (Å²) in [4.78, 5) is 39.9. The number of esters is 1. The molecular formula is C18H21N5O4. The highest BCUT2D eigenvalue weighted by molar-refractivity contribution is 5.97. The van der Waals surface area contributed by atoms with Gasteiger partial charge < -0.3 is 10.1 Å². The zero-order chi connectivity index (χ0) is 19.2. The smallest absolute Gasteiger partial charge is 0.342 e. The SMILES string of the molecule is Cc1c(C(=O)OCC(=O)NC(=O)NC2CCCC2)cnn1-c1ccccn1. The zero-order valence-electron chi connectivity index (χ0n) is 15.0. The molecule has 1 aliphatic rings. The van der Waals surface area contributed by atoms with Crippen molar-refractivity contribution in [1.29, 1.82) is 0 Å². The first-order valence-corrected chi connectivity index (χ1v) is 8.78. The molecule has 2 heterocycles. The van der Waals surface area contributed by atoms with Crippen LogP contribution in [0.4, 0.5) is 4.79 Å². The molecule has 2 aromatic rings. The molecule has 142 valence electrons. The van der Waals surface area contributed by atoms with Crippen LogP contribution in [0.3, 0.4) is 0 Å². The average Bonchev–Trinajstić information content (AvgIpc) is 3.30. The van der Waals surface area contributed by atoms with E-state index in [0.717, 1.165) is 25.7 Å². The molecule has 0 bridgehead atoms. The van der Waals surface area contributed by atoms with E-state index in [-0.39, 0.29) is 11.6 Å². The Bertz CT molecular complexity index is 828. The Labute approximate surface area is 156 Å². The molecule has 1 fully saturated rings. The molecule has 1 aliphatic carbocycles. The first-order chi connectivity index (χ1) is 13.0. The van der Waals surface area contributed by atoms with E-state index in [0.29, 0.717) is 11.5 Å². The fourth-order valence-electron chi connectivity index (χ4n) is 2.98. The summed E-state index contributed by atoms with van der Waals surface area (Å²) in [6.07, 6.45) is 6.95. The van der Waals surface area contributed by atoms with Crippen molar-refractivity contribution in [3.8, 4) is 5.82 Å². The van der Waals surface area contributed by atoms with E-state index in [1.54, 1.807) is 25.3 Å². The Morgan fingerprint density at radius 1 is 1.26 bits per heavy atom. The summed E-state index contributed by atoms with van der Waals surface area (Å²) in [6, 6.07) is 4.87. The van der Waals surface area contributed by atoms with Gasteiger partial charge in [0.1, 0.15) is 5.56 Å². The van der Waals surface area contributed by atoms with Crippen molar-refractivity contribution < 1.29 is 19.1 Å². The minimum atomic E-state index is -0.693. The number of hydrogen-bond donors (Lipinski definition) is 2. The highest BCUT2D eigenvalue weighted by atomic mass is 16.5. The van der Waals surface area contributed by atoms with Crippen LogP contribution in [0.2, 0.25) is 0 Å². The Balaban J connectivity index is 1.51. The molecule has 3 amide bonds. The Kier molecular flexibility index (Phi) is 5.80. The van der Waals surface area contributed by atoms with Crippen LogP contribution in [0.25, 0.3) is 5.82 Å². The van der Waals surface area contributed by atoms with Crippen LogP contribution in [-0.4, -0.2) is 45.3 Å². The van der Waals surface area contributed by atoms with Crippen LogP contribution in [0.5, 0.6) is 0 Å². The van der Waals surface area contributed by atoms with Crippen molar-refractivity contribution in [2.75, 3.05) is 6.61 Å². The second-order valence-corrected chi connectivity index (χ2v) is 6.32. The molecule has 0 unspecified atom stereocenters. The molecule has 2 aromatic heterocycles. The molecule has 9 heteroatoms. The number of nitrogens with zero attached hydrogens (tertiary/aromatic N) is 3. The fourth-order valence-corrected chi connectivity index (χ4v) is 2.98. The molecule has 27 heavy (non-hydrogen) atoms. The van der Waals surface area contributed by atoms with Gasteiger partial charge in [-0.3, -0.25) is 10.1 Å². The number of ether oxygens (including phenoxy) is 1. The van der Waals surface area contributed by atoms with E-state index in [2.05, 4.69) is 20.7 Å². The molecule has 2 N–H and O–H groups in total. The summed E-state index contributed by atoms with van der Waals surface area (Å²) in [7, 11) is 0. The van der Waals surface area contributed by atoms with E-state index < -0.39 is 24.5 Å². The Morgan fingerprint density at radius 2 is 2.04 bits per heavy atom. The van der Waals surface area contributed by atoms with Crippen molar-refractivity contribution in [2.45, 2.75) is 38.6 Å². The summed E-state index contributed by atoms with van der Waals surface area (Å²) in [6.45, 7) is 1.15. The van der Waals surface area contributed by atoms with Gasteiger partial charge in [0, 0.05) is 12.2 Å². The summed E-state index contributed by atoms with van der Waals surface area (Å²) in [5, 5.41) is 9.02. The summed E-state index contributed by atoms with van der Waals surface area (Å²) in [5.41, 5.74) is 0.766. The number of amides is 3. The maximum absolute atomic E-state index is 12.2. The van der Waals surface area contributed by atoms with Crippen molar-refractivity contribution in [3.63, 3.8) is 0 Å². The van der Waals surface area contributed by atoms with Gasteiger partial charge in [0.2, 0.25) is 0 Å². The lowest BCUT2D eigenvalue weighted by atomic mass is 10.2. The lowest BCUT2D eigenvalue weighted by Gasteiger charge is -2.12. The molecule has 3 rings (SSSR count). The molecule has 0 radical (unpaired) electrons. The van der Waals surface area contributed by atoms with Gasteiger partial charge >= 0.3 is 12.0 Å². The second kappa shape index (κ2) is 8.43. The first-order valence-electron chi connectivity index (χ1n) is 8.78. The maximum Gasteiger partial charge on any atom is 0.342 e. The van der Waals surface area contributed by atoms with E-state index in [1.165, 1.54) is 10.9 Å². The van der Waals surface area contributed by atoms with Gasteiger partial charge in [0.25, 0.3) is 5.91 Å². The molecule has 0 spiro atoms. The Hall–Kier alpha value is -3.23. The molecule has 0 atom stereocenters. The number of carbonyl (C=O) groups is 3. The minimum absolute atomic E-state index is 0.0976. The van der Waals surface area contributed by atoms with Crippen LogP contribution in [0, 0.1) is 6.92 Å². The number of urea groups is 1. The van der Waals surface area contributed by atoms with Crippen LogP contribution in [0.15, 0.2) is 30.6 Å². The van der Waals surface area contributed by atoms with Crippen molar-refractivity contribution in [1.82, 2.24) is 25.4 Å². The summed E-state index contributed by atoms with van der Waals surface area (Å²) in [5.74, 6) is -0.815. The fraction of sp³-hybridized carbons (Fsp3) is 0.389. The largest absolute Gasteiger partial charge is 0.452 e. The second-order valence-electron chi connectivity index (χ2n) is 6.32. The third-order valence-electron chi connectivity index (χ3n) is 4.37. The summed E-state index contributed by atoms with van der Waals surface area (Å²) >= 11 is 0. The van der Waals surface area contributed by atoms with Gasteiger partial charge in [0.05, 0.1) is 11.9 Å². The lowest BCUT2D eigenvalue weighted by molar-refractivity contribution is -0.123. The molecular weight excluding hydrogens is 350 g/mol. The van der Waals surface area contributed by atoms with Crippen LogP contribution >= 0.6 is 0 Å². The highest BCUT2D eigenvalue weighted by Gasteiger charge is 2.20. The molecule has 1 saturated carbocycles. The number of aromatic nitrogens is 3. The monoisotopic (exact) mass is 371 g/mol. The number of carbonyl (C=O) groups excluding carboxylic acids is 3. The zero-order valence-corrected chi connectivity index (χ0v) is 15.0. The minimum Gasteiger partial charge on any atom is -0.452 e. The van der Waals surface area contributed by atoms with Gasteiger partial charge in [0.15, 0.2) is 12.4 Å². The lowest BCUT2D eigenvalue weighted by Crippen LogP contribution is -2.45. The van der Waals surface area contributed by atoms with Gasteiger partial charge in [-0.1, -0.05) is 18.9 Å². The average molecular weight is 371 g/mol. The number of rotatable bonds is 5. The predicted molar refractivity (Wildman–Crippen MR) is 95.3 cm³/mol. The summed E-state index contributed by atoms with van der Waals surface area (Å²) < 4.78 is 6.49. The number of nitrogens with one attached hydrogen (secondary N) is 2. The van der Waals surface area contributed by atoms with Gasteiger partial charge in [-0.2, -0.15) is 5.10 Å². The number of hydrogen-bond acceptors (Lipinski definition) is 6. The van der Waals surface area contributed by atoms with Crippen LogP contribution < -0.4 is 10.6 Å². The van der Waals surface area contributed by atoms with E-state index in [9.17, 15) is 14.4 Å². The first kappa shape index (κ1) is 18.6. The maximum atomic E-state index is 12.2. The van der Waals surface area contributed by atoms with Gasteiger partial charge in [-0.25, -0.2) is 19.3 Å². The Morgan fingerprint density at radius 3 is 2.74 bits per heavy atom. The van der Waals surface area contributed by atoms with Crippen LogP contribution in [-0.2, 0) is 9.53 Å². The van der Waals surface area contributed by atoms with Crippen molar-refractivity contribution >= 4 is 17.9 Å². The van der Waals surface area contributed by atoms with Gasteiger partial charge in [-0.15, -0.1) is 0 Å². The number of imide groups is 1. The standard InChI is InChI=1S/C18H21N5O4/c1-12-14(10-20-23(12)15-8-4-5-9-19-15)17(25)27-11-16(24)22-18(26)21-13-6-2-3-7-13/h4-5,8-10,13H,2-3,6-7,11H2,1H3,(H2,21,22,24,26). The quantitative estimate of drug-likeness (QED) is 0.770. The predicted octanol–water partition coefficient (Wildman–Crippen LogP) is 1.50. The van der Waals surface area contributed by atoms with Crippen molar-refractivity contribution in [2.24, 2.45) is 0 Å². The third kappa shape index (κ3) is 4.69. The topological polar surface area (TPSA) is 115 Å². The third-order valence-corrected chi connectivity index (χ3v) is 4.37. The molecule has 0 aliphatic heterocycles. The number of pyridine rings is 1. The van der Waals surface area contributed by atoms with Crippen molar-refractivity contribution in [3.05, 3.63) is 41.9 Å². The van der Waals surface area contributed by atoms with Crippen LogP contribution in [0.1, 0.15) is 41.7 Å². The molecule has 9 nitrogen and oxygen atoms in total.